The first-order valence-corrected chi connectivity index (χ1v) is 9.42. The lowest BCUT2D eigenvalue weighted by Gasteiger charge is -2.20. The molecule has 0 bridgehead atoms. The summed E-state index contributed by atoms with van der Waals surface area (Å²) >= 11 is 0. The van der Waals surface area contributed by atoms with Crippen LogP contribution in [0.15, 0.2) is 0 Å². The van der Waals surface area contributed by atoms with Crippen molar-refractivity contribution < 1.29 is 4.79 Å². The summed E-state index contributed by atoms with van der Waals surface area (Å²) in [6.07, 6.45) is 8.87. The van der Waals surface area contributed by atoms with E-state index in [-0.39, 0.29) is 0 Å². The van der Waals surface area contributed by atoms with Crippen molar-refractivity contribution >= 4 is 5.78 Å². The second-order valence-electron chi connectivity index (χ2n) is 7.31. The van der Waals surface area contributed by atoms with E-state index in [9.17, 15) is 4.79 Å². The molecule has 0 aromatic carbocycles. The Balaban J connectivity index is 3.72. The molecule has 0 aromatic rings. The van der Waals surface area contributed by atoms with Crippen LogP contribution in [0.3, 0.4) is 0 Å². The van der Waals surface area contributed by atoms with Crippen molar-refractivity contribution in [2.75, 3.05) is 19.6 Å². The largest absolute Gasteiger partial charge is 0.330 e. The van der Waals surface area contributed by atoms with Gasteiger partial charge < -0.3 is 11.1 Å². The van der Waals surface area contributed by atoms with Crippen molar-refractivity contribution in [3.63, 3.8) is 0 Å². The molecular weight excluding hydrogens is 272 g/mol. The number of rotatable bonds is 15. The molecule has 0 saturated carbocycles. The number of carbonyl (C=O) groups excluding carboxylic acids is 1. The van der Waals surface area contributed by atoms with E-state index in [1.54, 1.807) is 0 Å². The third kappa shape index (κ3) is 13.3. The molecule has 0 fully saturated rings. The van der Waals surface area contributed by atoms with Crippen LogP contribution in [0, 0.1) is 17.8 Å². The summed E-state index contributed by atoms with van der Waals surface area (Å²) in [7, 11) is 0. The third-order valence-corrected chi connectivity index (χ3v) is 4.37. The van der Waals surface area contributed by atoms with Crippen LogP contribution in [0.1, 0.15) is 79.1 Å². The van der Waals surface area contributed by atoms with Gasteiger partial charge in [-0.15, -0.1) is 0 Å². The first-order valence-electron chi connectivity index (χ1n) is 9.42. The zero-order chi connectivity index (χ0) is 16.8. The van der Waals surface area contributed by atoms with Gasteiger partial charge in [-0.05, 0) is 50.1 Å². The fourth-order valence-electron chi connectivity index (χ4n) is 3.29. The number of Topliss-reactive ketones (excluding diaryl/α,β-unsaturated/α-hetero) is 1. The highest BCUT2D eigenvalue weighted by atomic mass is 16.1. The number of hydrogen-bond donors (Lipinski definition) is 2. The van der Waals surface area contributed by atoms with E-state index in [0.29, 0.717) is 24.7 Å². The van der Waals surface area contributed by atoms with Crippen molar-refractivity contribution in [2.45, 2.75) is 79.1 Å². The molecule has 3 unspecified atom stereocenters. The monoisotopic (exact) mass is 312 g/mol. The molecule has 0 amide bonds. The number of unbranched alkanes of at least 4 members (excludes halogenated alkanes) is 1. The zero-order valence-electron chi connectivity index (χ0n) is 15.5. The maximum absolute atomic E-state index is 12.0. The predicted octanol–water partition coefficient (Wildman–Crippen LogP) is 4.15. The van der Waals surface area contributed by atoms with Gasteiger partial charge in [-0.25, -0.2) is 0 Å². The summed E-state index contributed by atoms with van der Waals surface area (Å²) in [5, 5.41) is 3.28. The van der Waals surface area contributed by atoms with E-state index < -0.39 is 0 Å². The van der Waals surface area contributed by atoms with Crippen LogP contribution in [0.25, 0.3) is 0 Å². The smallest absolute Gasteiger partial charge is 0.134 e. The van der Waals surface area contributed by atoms with Gasteiger partial charge >= 0.3 is 0 Å². The third-order valence-electron chi connectivity index (χ3n) is 4.37. The van der Waals surface area contributed by atoms with E-state index in [4.69, 9.17) is 5.73 Å². The van der Waals surface area contributed by atoms with E-state index in [2.05, 4.69) is 33.0 Å². The second kappa shape index (κ2) is 14.2. The Morgan fingerprint density at radius 1 is 1.00 bits per heavy atom. The summed E-state index contributed by atoms with van der Waals surface area (Å²) in [5.74, 6) is 2.48. The van der Waals surface area contributed by atoms with Crippen LogP contribution < -0.4 is 11.1 Å². The van der Waals surface area contributed by atoms with Crippen LogP contribution >= 0.6 is 0 Å². The Kier molecular flexibility index (Phi) is 13.9. The second-order valence-corrected chi connectivity index (χ2v) is 7.31. The molecule has 22 heavy (non-hydrogen) atoms. The molecule has 0 rings (SSSR count). The van der Waals surface area contributed by atoms with Gasteiger partial charge in [-0.3, -0.25) is 4.79 Å². The average Bonchev–Trinajstić information content (AvgIpc) is 2.44. The summed E-state index contributed by atoms with van der Waals surface area (Å²) in [6.45, 7) is 11.6. The van der Waals surface area contributed by atoms with Crippen molar-refractivity contribution in [2.24, 2.45) is 23.5 Å². The number of hydrogen-bond acceptors (Lipinski definition) is 3. The van der Waals surface area contributed by atoms with Gasteiger partial charge in [-0.1, -0.05) is 47.0 Å². The molecular formula is C19H40N2O. The molecule has 0 aromatic heterocycles. The Labute approximate surface area is 138 Å². The van der Waals surface area contributed by atoms with Crippen molar-refractivity contribution in [3.8, 4) is 0 Å². The lowest BCUT2D eigenvalue weighted by atomic mass is 9.86. The summed E-state index contributed by atoms with van der Waals surface area (Å²) in [4.78, 5) is 12.0. The van der Waals surface area contributed by atoms with E-state index >= 15 is 0 Å². The lowest BCUT2D eigenvalue weighted by Crippen LogP contribution is -2.22. The quantitative estimate of drug-likeness (QED) is 0.447. The fourth-order valence-corrected chi connectivity index (χ4v) is 3.29. The number of nitrogens with two attached hydrogens (primary N) is 1. The van der Waals surface area contributed by atoms with Gasteiger partial charge in [-0.2, -0.15) is 0 Å². The highest BCUT2D eigenvalue weighted by molar-refractivity contribution is 5.78. The molecule has 0 aliphatic rings. The van der Waals surface area contributed by atoms with Gasteiger partial charge in [0.1, 0.15) is 5.78 Å². The van der Waals surface area contributed by atoms with Crippen molar-refractivity contribution in [3.05, 3.63) is 0 Å². The van der Waals surface area contributed by atoms with Crippen molar-refractivity contribution in [1.82, 2.24) is 5.32 Å². The van der Waals surface area contributed by atoms with Crippen LogP contribution in [0.4, 0.5) is 0 Å². The van der Waals surface area contributed by atoms with Crippen LogP contribution in [0.5, 0.6) is 0 Å². The van der Waals surface area contributed by atoms with E-state index in [1.807, 2.05) is 0 Å². The molecule has 3 heteroatoms. The van der Waals surface area contributed by atoms with Gasteiger partial charge in [0, 0.05) is 19.4 Å². The van der Waals surface area contributed by atoms with E-state index in [0.717, 1.165) is 37.8 Å². The zero-order valence-corrected chi connectivity index (χ0v) is 15.5. The number of carbonyl (C=O) groups is 1. The highest BCUT2D eigenvalue weighted by Crippen LogP contribution is 2.24. The molecule has 0 saturated heterocycles. The fraction of sp³-hybridized carbons (Fsp3) is 0.947. The normalized spacial score (nSPS) is 15.5. The molecule has 0 heterocycles. The maximum Gasteiger partial charge on any atom is 0.134 e. The highest BCUT2D eigenvalue weighted by Gasteiger charge is 2.15. The standard InChI is InChI=1S/C19H40N2O/c1-5-6-8-16(2)13-17(3)14-18(4)15-19(22)9-12-21-11-7-10-20/h16-18,21H,5-15,20H2,1-4H3. The van der Waals surface area contributed by atoms with Gasteiger partial charge in [0.25, 0.3) is 0 Å². The average molecular weight is 313 g/mol. The topological polar surface area (TPSA) is 55.1 Å². The summed E-state index contributed by atoms with van der Waals surface area (Å²) in [6, 6.07) is 0. The molecule has 3 N–H and O–H groups in total. The van der Waals surface area contributed by atoms with Gasteiger partial charge in [0.2, 0.25) is 0 Å². The Bertz CT molecular complexity index is 268. The Morgan fingerprint density at radius 3 is 2.32 bits per heavy atom. The first kappa shape index (κ1) is 21.6. The maximum atomic E-state index is 12.0. The molecule has 0 aliphatic heterocycles. The summed E-state index contributed by atoms with van der Waals surface area (Å²) < 4.78 is 0. The minimum Gasteiger partial charge on any atom is -0.330 e. The first-order chi connectivity index (χ1) is 10.5. The number of nitrogens with one attached hydrogen (secondary N) is 1. The molecule has 3 nitrogen and oxygen atoms in total. The molecule has 3 atom stereocenters. The van der Waals surface area contributed by atoms with Crippen molar-refractivity contribution in [1.29, 1.82) is 0 Å². The van der Waals surface area contributed by atoms with Crippen LogP contribution in [-0.4, -0.2) is 25.4 Å². The van der Waals surface area contributed by atoms with Crippen LogP contribution in [-0.2, 0) is 4.79 Å². The van der Waals surface area contributed by atoms with Crippen LogP contribution in [0.2, 0.25) is 0 Å². The predicted molar refractivity (Wildman–Crippen MR) is 97.0 cm³/mol. The summed E-state index contributed by atoms with van der Waals surface area (Å²) in [5.41, 5.74) is 5.44. The minimum absolute atomic E-state index is 0.402. The molecule has 0 aliphatic carbocycles. The Hall–Kier alpha value is -0.410. The SMILES string of the molecule is CCCCC(C)CC(C)CC(C)CC(=O)CCNCCCN. The minimum atomic E-state index is 0.402. The van der Waals surface area contributed by atoms with Gasteiger partial charge in [0.15, 0.2) is 0 Å². The van der Waals surface area contributed by atoms with E-state index in [1.165, 1.54) is 32.1 Å². The number of ketones is 1. The van der Waals surface area contributed by atoms with Gasteiger partial charge in [0.05, 0.1) is 0 Å². The molecule has 132 valence electrons. The Morgan fingerprint density at radius 2 is 1.68 bits per heavy atom. The lowest BCUT2D eigenvalue weighted by molar-refractivity contribution is -0.119. The molecule has 0 radical (unpaired) electrons. The molecule has 0 spiro atoms.